The van der Waals surface area contributed by atoms with Crippen LogP contribution in [0, 0.1) is 18.8 Å². The average molecular weight is 285 g/mol. The number of aliphatic hydroxyl groups is 1. The van der Waals surface area contributed by atoms with E-state index in [2.05, 4.69) is 14.9 Å². The predicted molar refractivity (Wildman–Crippen MR) is 68.8 cm³/mol. The number of aliphatic hydroxyl groups excluding tert-OH is 1. The molecular weight excluding hydrogens is 266 g/mol. The van der Waals surface area contributed by atoms with Gasteiger partial charge in [-0.3, -0.25) is 5.10 Å². The summed E-state index contributed by atoms with van der Waals surface area (Å²) in [6, 6.07) is 0.0345. The second-order valence-electron chi connectivity index (χ2n) is 5.69. The van der Waals surface area contributed by atoms with Crippen molar-refractivity contribution in [2.45, 2.75) is 50.3 Å². The zero-order valence-electron chi connectivity index (χ0n) is 10.9. The van der Waals surface area contributed by atoms with Gasteiger partial charge in [0.1, 0.15) is 0 Å². The topological polar surface area (TPSA) is 95.1 Å². The van der Waals surface area contributed by atoms with Crippen LogP contribution in [-0.4, -0.2) is 29.8 Å². The van der Waals surface area contributed by atoms with Gasteiger partial charge in [-0.15, -0.1) is 0 Å². The van der Waals surface area contributed by atoms with Crippen LogP contribution in [0.15, 0.2) is 5.03 Å². The first-order chi connectivity index (χ1) is 9.01. The molecule has 3 atom stereocenters. The van der Waals surface area contributed by atoms with Crippen molar-refractivity contribution in [3.05, 3.63) is 11.3 Å². The molecular formula is C12H19N3O3S. The standard InChI is InChI=1S/C12H19N3O3S/c1-7-10(6-16)12(14-13-7)19(17,18)15-11-5-8-2-3-9(11)4-8/h8-9,11,15-16H,2-6H2,1H3,(H,13,14). The Balaban J connectivity index is 1.83. The molecule has 2 fully saturated rings. The number of rotatable bonds is 4. The van der Waals surface area contributed by atoms with Gasteiger partial charge in [-0.2, -0.15) is 5.10 Å². The zero-order chi connectivity index (χ0) is 13.6. The number of aromatic amines is 1. The normalized spacial score (nSPS) is 30.1. The SMILES string of the molecule is Cc1[nH]nc(S(=O)(=O)NC2CC3CCC2C3)c1CO. The van der Waals surface area contributed by atoms with E-state index in [1.54, 1.807) is 6.92 Å². The van der Waals surface area contributed by atoms with E-state index in [9.17, 15) is 13.5 Å². The van der Waals surface area contributed by atoms with Crippen LogP contribution in [0.3, 0.4) is 0 Å². The van der Waals surface area contributed by atoms with Crippen LogP contribution in [0.25, 0.3) is 0 Å². The Hall–Kier alpha value is -0.920. The molecule has 2 aliphatic rings. The first-order valence-electron chi connectivity index (χ1n) is 6.68. The van der Waals surface area contributed by atoms with Gasteiger partial charge < -0.3 is 5.11 Å². The monoisotopic (exact) mass is 285 g/mol. The lowest BCUT2D eigenvalue weighted by Crippen LogP contribution is -2.38. The van der Waals surface area contributed by atoms with Crippen molar-refractivity contribution in [2.24, 2.45) is 11.8 Å². The molecule has 0 amide bonds. The van der Waals surface area contributed by atoms with Crippen molar-refractivity contribution in [3.63, 3.8) is 0 Å². The highest BCUT2D eigenvalue weighted by atomic mass is 32.2. The van der Waals surface area contributed by atoms with Crippen LogP contribution in [0.5, 0.6) is 0 Å². The summed E-state index contributed by atoms with van der Waals surface area (Å²) < 4.78 is 27.5. The number of sulfonamides is 1. The second-order valence-corrected chi connectivity index (χ2v) is 7.32. The van der Waals surface area contributed by atoms with Crippen LogP contribution in [0.2, 0.25) is 0 Å². The molecule has 0 aromatic carbocycles. The molecule has 3 unspecified atom stereocenters. The summed E-state index contributed by atoms with van der Waals surface area (Å²) in [5, 5.41) is 15.7. The van der Waals surface area contributed by atoms with Crippen LogP contribution < -0.4 is 4.72 Å². The fourth-order valence-electron chi connectivity index (χ4n) is 3.48. The molecule has 2 bridgehead atoms. The van der Waals surface area contributed by atoms with Gasteiger partial charge in [-0.1, -0.05) is 6.42 Å². The molecule has 0 aliphatic heterocycles. The van der Waals surface area contributed by atoms with E-state index >= 15 is 0 Å². The predicted octanol–water partition coefficient (Wildman–Crippen LogP) is 0.677. The number of aryl methyl sites for hydroxylation is 1. The Bertz CT molecular complexity index is 581. The average Bonchev–Trinajstić information content (AvgIpc) is 3.02. The Kier molecular flexibility index (Phi) is 3.15. The van der Waals surface area contributed by atoms with E-state index in [4.69, 9.17) is 0 Å². The van der Waals surface area contributed by atoms with Gasteiger partial charge in [0.2, 0.25) is 0 Å². The highest BCUT2D eigenvalue weighted by Crippen LogP contribution is 2.44. The molecule has 19 heavy (non-hydrogen) atoms. The highest BCUT2D eigenvalue weighted by Gasteiger charge is 2.42. The van der Waals surface area contributed by atoms with Crippen molar-refractivity contribution >= 4 is 10.0 Å². The van der Waals surface area contributed by atoms with Gasteiger partial charge in [0.15, 0.2) is 5.03 Å². The maximum absolute atomic E-state index is 12.4. The fourth-order valence-corrected chi connectivity index (χ4v) is 4.99. The number of fused-ring (bicyclic) bond motifs is 2. The summed E-state index contributed by atoms with van der Waals surface area (Å²) in [5.74, 6) is 1.15. The van der Waals surface area contributed by atoms with Crippen LogP contribution in [-0.2, 0) is 16.6 Å². The van der Waals surface area contributed by atoms with Crippen molar-refractivity contribution < 1.29 is 13.5 Å². The molecule has 7 heteroatoms. The van der Waals surface area contributed by atoms with E-state index in [-0.39, 0.29) is 17.7 Å². The number of H-pyrrole nitrogens is 1. The van der Waals surface area contributed by atoms with E-state index in [1.807, 2.05) is 0 Å². The summed E-state index contributed by atoms with van der Waals surface area (Å²) in [7, 11) is -3.64. The first kappa shape index (κ1) is 13.1. The van der Waals surface area contributed by atoms with Gasteiger partial charge in [0, 0.05) is 17.3 Å². The first-order valence-corrected chi connectivity index (χ1v) is 8.16. The van der Waals surface area contributed by atoms with Gasteiger partial charge in [0.05, 0.1) is 6.61 Å². The van der Waals surface area contributed by atoms with E-state index in [1.165, 1.54) is 6.42 Å². The highest BCUT2D eigenvalue weighted by molar-refractivity contribution is 7.89. The van der Waals surface area contributed by atoms with Gasteiger partial charge in [-0.25, -0.2) is 13.1 Å². The minimum Gasteiger partial charge on any atom is -0.392 e. The number of hydrogen-bond donors (Lipinski definition) is 3. The van der Waals surface area contributed by atoms with Crippen molar-refractivity contribution in [1.82, 2.24) is 14.9 Å². The summed E-state index contributed by atoms with van der Waals surface area (Å²) in [4.78, 5) is 0. The van der Waals surface area contributed by atoms with Crippen molar-refractivity contribution in [3.8, 4) is 0 Å². The molecule has 1 aromatic rings. The lowest BCUT2D eigenvalue weighted by molar-refractivity contribution is 0.277. The Labute approximate surface area is 112 Å². The smallest absolute Gasteiger partial charge is 0.260 e. The molecule has 2 saturated carbocycles. The molecule has 3 N–H and O–H groups in total. The fraction of sp³-hybridized carbons (Fsp3) is 0.750. The molecule has 0 radical (unpaired) electrons. The molecule has 6 nitrogen and oxygen atoms in total. The molecule has 3 rings (SSSR count). The molecule has 1 heterocycles. The van der Waals surface area contributed by atoms with E-state index < -0.39 is 10.0 Å². The maximum atomic E-state index is 12.4. The third kappa shape index (κ3) is 2.19. The molecule has 0 spiro atoms. The summed E-state index contributed by atoms with van der Waals surface area (Å²) in [5.41, 5.74) is 0.950. The van der Waals surface area contributed by atoms with E-state index in [0.717, 1.165) is 19.3 Å². The zero-order valence-corrected chi connectivity index (χ0v) is 11.7. The molecule has 1 aromatic heterocycles. The lowest BCUT2D eigenvalue weighted by atomic mass is 9.96. The minimum absolute atomic E-state index is 0.0345. The number of nitrogens with one attached hydrogen (secondary N) is 2. The van der Waals surface area contributed by atoms with Crippen molar-refractivity contribution in [2.75, 3.05) is 0 Å². The number of hydrogen-bond acceptors (Lipinski definition) is 4. The third-order valence-electron chi connectivity index (χ3n) is 4.49. The van der Waals surface area contributed by atoms with Crippen LogP contribution in [0.1, 0.15) is 36.9 Å². The quantitative estimate of drug-likeness (QED) is 0.758. The Morgan fingerprint density at radius 3 is 2.79 bits per heavy atom. The lowest BCUT2D eigenvalue weighted by Gasteiger charge is -2.22. The van der Waals surface area contributed by atoms with Gasteiger partial charge >= 0.3 is 0 Å². The Morgan fingerprint density at radius 1 is 1.42 bits per heavy atom. The van der Waals surface area contributed by atoms with Crippen LogP contribution >= 0.6 is 0 Å². The maximum Gasteiger partial charge on any atom is 0.260 e. The largest absolute Gasteiger partial charge is 0.392 e. The molecule has 0 saturated heterocycles. The third-order valence-corrected chi connectivity index (χ3v) is 5.95. The Morgan fingerprint density at radius 2 is 2.21 bits per heavy atom. The molecule has 2 aliphatic carbocycles. The summed E-state index contributed by atoms with van der Waals surface area (Å²) in [6.45, 7) is 1.38. The number of aromatic nitrogens is 2. The van der Waals surface area contributed by atoms with Crippen molar-refractivity contribution in [1.29, 1.82) is 0 Å². The summed E-state index contributed by atoms with van der Waals surface area (Å²) in [6.07, 6.45) is 4.41. The van der Waals surface area contributed by atoms with Gasteiger partial charge in [-0.05, 0) is 38.0 Å². The van der Waals surface area contributed by atoms with Gasteiger partial charge in [0.25, 0.3) is 10.0 Å². The second kappa shape index (κ2) is 4.57. The summed E-state index contributed by atoms with van der Waals surface area (Å²) >= 11 is 0. The minimum atomic E-state index is -3.64. The number of nitrogens with zero attached hydrogens (tertiary/aromatic N) is 1. The van der Waals surface area contributed by atoms with Crippen LogP contribution in [0.4, 0.5) is 0 Å². The van der Waals surface area contributed by atoms with E-state index in [0.29, 0.717) is 23.1 Å². The molecule has 106 valence electrons.